The van der Waals surface area contributed by atoms with Gasteiger partial charge in [0.15, 0.2) is 11.5 Å². The highest BCUT2D eigenvalue weighted by Gasteiger charge is 2.44. The van der Waals surface area contributed by atoms with Crippen LogP contribution in [0.4, 0.5) is 0 Å². The third-order valence-electron chi connectivity index (χ3n) is 5.50. The number of halogens is 1. The number of Topliss-reactive ketones (excluding diaryl/α,β-unsaturated/α-hetero) is 1. The van der Waals surface area contributed by atoms with Crippen molar-refractivity contribution in [2.24, 2.45) is 0 Å². The zero-order valence-corrected chi connectivity index (χ0v) is 19.1. The van der Waals surface area contributed by atoms with Crippen LogP contribution in [0, 0.1) is 0 Å². The van der Waals surface area contributed by atoms with Gasteiger partial charge in [-0.2, -0.15) is 0 Å². The van der Waals surface area contributed by atoms with Crippen molar-refractivity contribution in [1.29, 1.82) is 0 Å². The fraction of sp³-hybridized carbons (Fsp3) is 0.280. The lowest BCUT2D eigenvalue weighted by Gasteiger charge is -2.26. The van der Waals surface area contributed by atoms with Gasteiger partial charge in [0.05, 0.1) is 18.2 Å². The molecule has 2 aromatic carbocycles. The first-order valence-corrected chi connectivity index (χ1v) is 11.0. The number of amides is 1. The zero-order chi connectivity index (χ0) is 23.5. The number of carbonyl (C=O) groups is 2. The summed E-state index contributed by atoms with van der Waals surface area (Å²) < 4.78 is 16.3. The van der Waals surface area contributed by atoms with Gasteiger partial charge in [0, 0.05) is 30.7 Å². The first-order valence-electron chi connectivity index (χ1n) is 10.6. The molecule has 0 bridgehead atoms. The van der Waals surface area contributed by atoms with Gasteiger partial charge in [-0.25, -0.2) is 0 Å². The summed E-state index contributed by atoms with van der Waals surface area (Å²) in [7, 11) is 1.58. The maximum absolute atomic E-state index is 13.5. The fourth-order valence-electron chi connectivity index (χ4n) is 4.01. The highest BCUT2D eigenvalue weighted by atomic mass is 35.5. The maximum Gasteiger partial charge on any atom is 0.290 e. The van der Waals surface area contributed by atoms with E-state index >= 15 is 0 Å². The van der Waals surface area contributed by atoms with E-state index in [0.717, 1.165) is 0 Å². The van der Waals surface area contributed by atoms with Crippen LogP contribution >= 0.6 is 11.6 Å². The van der Waals surface area contributed by atoms with Gasteiger partial charge in [0.2, 0.25) is 5.78 Å². The number of ketones is 1. The molecule has 0 fully saturated rings. The quantitative estimate of drug-likeness (QED) is 0.346. The molecule has 1 N–H and O–H groups in total. The number of fused-ring (bicyclic) bond motifs is 1. The zero-order valence-electron chi connectivity index (χ0n) is 18.3. The Morgan fingerprint density at radius 1 is 1.18 bits per heavy atom. The van der Waals surface area contributed by atoms with Crippen LogP contribution in [-0.4, -0.2) is 48.6 Å². The summed E-state index contributed by atoms with van der Waals surface area (Å²) in [5.74, 6) is -1.04. The molecule has 0 saturated heterocycles. The van der Waals surface area contributed by atoms with Gasteiger partial charge in [-0.3, -0.25) is 9.59 Å². The smallest absolute Gasteiger partial charge is 0.290 e. The number of benzene rings is 2. The Kier molecular flexibility index (Phi) is 6.72. The summed E-state index contributed by atoms with van der Waals surface area (Å²) in [6, 6.07) is 12.9. The molecule has 7 nitrogen and oxygen atoms in total. The number of nitrogens with zero attached hydrogens (tertiary/aromatic N) is 1. The maximum atomic E-state index is 13.5. The Balaban J connectivity index is 1.74. The van der Waals surface area contributed by atoms with Crippen LogP contribution < -0.4 is 4.74 Å². The molecular formula is C25H24ClNO6. The molecule has 0 aliphatic carbocycles. The van der Waals surface area contributed by atoms with Gasteiger partial charge < -0.3 is 23.9 Å². The van der Waals surface area contributed by atoms with Crippen LogP contribution in [0.15, 0.2) is 64.3 Å². The molecule has 0 spiro atoms. The van der Waals surface area contributed by atoms with E-state index in [1.165, 1.54) is 4.90 Å². The van der Waals surface area contributed by atoms with Crippen molar-refractivity contribution in [3.63, 3.8) is 0 Å². The lowest BCUT2D eigenvalue weighted by Crippen LogP contribution is -2.32. The van der Waals surface area contributed by atoms with Crippen molar-refractivity contribution in [2.75, 3.05) is 26.9 Å². The van der Waals surface area contributed by atoms with E-state index < -0.39 is 23.5 Å². The summed E-state index contributed by atoms with van der Waals surface area (Å²) in [5.41, 5.74) is 1.14. The van der Waals surface area contributed by atoms with Gasteiger partial charge >= 0.3 is 0 Å². The summed E-state index contributed by atoms with van der Waals surface area (Å²) in [5, 5.41) is 11.9. The minimum Gasteiger partial charge on any atom is -0.503 e. The minimum atomic E-state index is -0.769. The van der Waals surface area contributed by atoms with E-state index in [-0.39, 0.29) is 11.3 Å². The number of aliphatic hydroxyl groups excluding tert-OH is 1. The Morgan fingerprint density at radius 2 is 1.94 bits per heavy atom. The molecule has 1 unspecified atom stereocenters. The van der Waals surface area contributed by atoms with Crippen molar-refractivity contribution in [1.82, 2.24) is 4.90 Å². The van der Waals surface area contributed by atoms with Crippen LogP contribution in [0.1, 0.15) is 35.5 Å². The van der Waals surface area contributed by atoms with Gasteiger partial charge in [-0.05, 0) is 55.3 Å². The molecule has 0 saturated carbocycles. The summed E-state index contributed by atoms with van der Waals surface area (Å²) >= 11 is 6.05. The van der Waals surface area contributed by atoms with Gasteiger partial charge in [-0.15, -0.1) is 0 Å². The average Bonchev–Trinajstić information content (AvgIpc) is 3.33. The van der Waals surface area contributed by atoms with Crippen LogP contribution in [0.3, 0.4) is 0 Å². The number of aliphatic hydroxyl groups is 1. The van der Waals surface area contributed by atoms with E-state index in [0.29, 0.717) is 53.5 Å². The molecule has 1 aliphatic rings. The average molecular weight is 470 g/mol. The molecule has 1 amide bonds. The number of hydrogen-bond acceptors (Lipinski definition) is 6. The number of hydrogen-bond donors (Lipinski definition) is 1. The third kappa shape index (κ3) is 4.47. The standard InChI is InChI=1S/C25H24ClNO6/c1-3-32-18-8-5-15(6-9-18)22-21(24(29)25(30)27(22)11-4-12-31-2)23(28)20-14-16-13-17(26)7-10-19(16)33-20/h5-10,13-14,22,29H,3-4,11-12H2,1-2H3. The monoisotopic (exact) mass is 469 g/mol. The molecule has 3 aromatic rings. The Hall–Kier alpha value is -3.29. The molecule has 33 heavy (non-hydrogen) atoms. The second-order valence-electron chi connectivity index (χ2n) is 7.63. The third-order valence-corrected chi connectivity index (χ3v) is 5.74. The molecule has 4 rings (SSSR count). The fourth-order valence-corrected chi connectivity index (χ4v) is 4.19. The normalized spacial score (nSPS) is 16.2. The topological polar surface area (TPSA) is 89.2 Å². The first-order chi connectivity index (χ1) is 15.9. The molecule has 1 aliphatic heterocycles. The van der Waals surface area contributed by atoms with E-state index in [4.69, 9.17) is 25.5 Å². The predicted octanol–water partition coefficient (Wildman–Crippen LogP) is 5.10. The van der Waals surface area contributed by atoms with Gasteiger partial charge in [0.25, 0.3) is 5.91 Å². The lowest BCUT2D eigenvalue weighted by atomic mass is 9.95. The van der Waals surface area contributed by atoms with Gasteiger partial charge in [-0.1, -0.05) is 23.7 Å². The predicted molar refractivity (Wildman–Crippen MR) is 124 cm³/mol. The molecule has 8 heteroatoms. The van der Waals surface area contributed by atoms with E-state index in [1.54, 1.807) is 55.6 Å². The summed E-state index contributed by atoms with van der Waals surface area (Å²) in [6.07, 6.45) is 0.549. The molecule has 2 heterocycles. The molecular weight excluding hydrogens is 446 g/mol. The number of ether oxygens (including phenoxy) is 2. The Labute approximate surface area is 196 Å². The number of furan rings is 1. The van der Waals surface area contributed by atoms with Gasteiger partial charge in [0.1, 0.15) is 11.3 Å². The van der Waals surface area contributed by atoms with Crippen LogP contribution in [0.2, 0.25) is 5.02 Å². The van der Waals surface area contributed by atoms with E-state index in [2.05, 4.69) is 0 Å². The van der Waals surface area contributed by atoms with Crippen molar-refractivity contribution in [3.05, 3.63) is 76.2 Å². The Bertz CT molecular complexity index is 1210. The van der Waals surface area contributed by atoms with Crippen LogP contribution in [0.25, 0.3) is 11.0 Å². The lowest BCUT2D eigenvalue weighted by molar-refractivity contribution is -0.129. The molecule has 0 radical (unpaired) electrons. The molecule has 1 atom stereocenters. The number of methoxy groups -OCH3 is 1. The largest absolute Gasteiger partial charge is 0.503 e. The SMILES string of the molecule is CCOc1ccc(C2C(C(=O)c3cc4cc(Cl)ccc4o3)=C(O)C(=O)N2CCCOC)cc1. The van der Waals surface area contributed by atoms with Crippen molar-refractivity contribution in [3.8, 4) is 5.75 Å². The van der Waals surface area contributed by atoms with Crippen molar-refractivity contribution in [2.45, 2.75) is 19.4 Å². The second-order valence-corrected chi connectivity index (χ2v) is 8.07. The number of rotatable bonds is 9. The summed E-state index contributed by atoms with van der Waals surface area (Å²) in [4.78, 5) is 28.0. The van der Waals surface area contributed by atoms with Crippen molar-refractivity contribution >= 4 is 34.3 Å². The minimum absolute atomic E-state index is 0.0215. The highest BCUT2D eigenvalue weighted by Crippen LogP contribution is 2.40. The second kappa shape index (κ2) is 9.68. The highest BCUT2D eigenvalue weighted by molar-refractivity contribution is 6.31. The van der Waals surface area contributed by atoms with Crippen LogP contribution in [-0.2, 0) is 9.53 Å². The summed E-state index contributed by atoms with van der Waals surface area (Å²) in [6.45, 7) is 3.15. The molecule has 1 aromatic heterocycles. The Morgan fingerprint density at radius 3 is 2.64 bits per heavy atom. The van der Waals surface area contributed by atoms with Crippen LogP contribution in [0.5, 0.6) is 5.75 Å². The molecule has 172 valence electrons. The first kappa shape index (κ1) is 22.9. The number of carbonyl (C=O) groups excluding carboxylic acids is 2. The van der Waals surface area contributed by atoms with E-state index in [1.807, 2.05) is 6.92 Å². The van der Waals surface area contributed by atoms with E-state index in [9.17, 15) is 14.7 Å². The van der Waals surface area contributed by atoms with Crippen molar-refractivity contribution < 1.29 is 28.6 Å².